The second-order valence-corrected chi connectivity index (χ2v) is 5.55. The second kappa shape index (κ2) is 6.43. The molecule has 1 saturated heterocycles. The van der Waals surface area contributed by atoms with Crippen LogP contribution in [0.4, 0.5) is 0 Å². The van der Waals surface area contributed by atoms with E-state index in [0.29, 0.717) is 12.6 Å². The highest BCUT2D eigenvalue weighted by Gasteiger charge is 2.26. The molecular formula is C17H21NO3. The zero-order chi connectivity index (χ0) is 14.7. The second-order valence-electron chi connectivity index (χ2n) is 5.55. The Bertz CT molecular complexity index is 566. The maximum absolute atomic E-state index is 9.24. The van der Waals surface area contributed by atoms with Crippen molar-refractivity contribution < 1.29 is 14.3 Å². The molecule has 0 radical (unpaired) electrons. The first-order chi connectivity index (χ1) is 10.3. The molecule has 1 aromatic carbocycles. The fourth-order valence-corrected chi connectivity index (χ4v) is 2.63. The molecule has 4 heteroatoms. The van der Waals surface area contributed by atoms with Crippen LogP contribution in [0.3, 0.4) is 0 Å². The quantitative estimate of drug-likeness (QED) is 0.938. The molecule has 0 unspecified atom stereocenters. The molecule has 4 nitrogen and oxygen atoms in total. The number of aliphatic hydroxyl groups excluding tert-OH is 1. The lowest BCUT2D eigenvalue weighted by Crippen LogP contribution is -2.48. The van der Waals surface area contributed by atoms with Crippen LogP contribution < -0.4 is 0 Å². The number of benzene rings is 1. The standard InChI is InChI=1S/C17H21NO3/c1-13-12-20-16(11-19)10-18(13)9-15-7-8-17(21-15)14-5-3-2-4-6-14/h2-8,13,16,19H,9-12H2,1H3/t13-,16-/m0/s1. The fraction of sp³-hybridized carbons (Fsp3) is 0.412. The van der Waals surface area contributed by atoms with E-state index < -0.39 is 0 Å². The van der Waals surface area contributed by atoms with Gasteiger partial charge in [0.05, 0.1) is 25.9 Å². The monoisotopic (exact) mass is 287 g/mol. The minimum atomic E-state index is -0.0928. The topological polar surface area (TPSA) is 45.8 Å². The van der Waals surface area contributed by atoms with Gasteiger partial charge in [-0.2, -0.15) is 0 Å². The third-order valence-electron chi connectivity index (χ3n) is 3.92. The van der Waals surface area contributed by atoms with Crippen molar-refractivity contribution in [2.24, 2.45) is 0 Å². The van der Waals surface area contributed by atoms with E-state index >= 15 is 0 Å². The van der Waals surface area contributed by atoms with Gasteiger partial charge in [0, 0.05) is 18.2 Å². The first-order valence-corrected chi connectivity index (χ1v) is 7.37. The van der Waals surface area contributed by atoms with E-state index in [2.05, 4.69) is 11.8 Å². The number of nitrogens with zero attached hydrogens (tertiary/aromatic N) is 1. The van der Waals surface area contributed by atoms with Crippen LogP contribution in [0.5, 0.6) is 0 Å². The van der Waals surface area contributed by atoms with Gasteiger partial charge in [-0.25, -0.2) is 0 Å². The number of hydrogen-bond donors (Lipinski definition) is 1. The lowest BCUT2D eigenvalue weighted by Gasteiger charge is -2.36. The summed E-state index contributed by atoms with van der Waals surface area (Å²) < 4.78 is 11.5. The number of rotatable bonds is 4. The Balaban J connectivity index is 1.69. The third kappa shape index (κ3) is 3.35. The molecule has 112 valence electrons. The van der Waals surface area contributed by atoms with Gasteiger partial charge >= 0.3 is 0 Å². The van der Waals surface area contributed by atoms with E-state index in [-0.39, 0.29) is 12.7 Å². The third-order valence-corrected chi connectivity index (χ3v) is 3.92. The van der Waals surface area contributed by atoms with Crippen LogP contribution in [0, 0.1) is 0 Å². The summed E-state index contributed by atoms with van der Waals surface area (Å²) in [6.07, 6.45) is -0.0928. The van der Waals surface area contributed by atoms with Crippen molar-refractivity contribution in [1.82, 2.24) is 4.90 Å². The molecule has 2 heterocycles. The summed E-state index contributed by atoms with van der Waals surface area (Å²) in [6, 6.07) is 14.5. The van der Waals surface area contributed by atoms with Crippen molar-refractivity contribution in [2.75, 3.05) is 19.8 Å². The molecule has 0 bridgehead atoms. The van der Waals surface area contributed by atoms with Crippen LogP contribution in [-0.2, 0) is 11.3 Å². The van der Waals surface area contributed by atoms with Gasteiger partial charge in [0.2, 0.25) is 0 Å². The Hall–Kier alpha value is -1.62. The Morgan fingerprint density at radius 1 is 1.19 bits per heavy atom. The van der Waals surface area contributed by atoms with Gasteiger partial charge in [0.25, 0.3) is 0 Å². The summed E-state index contributed by atoms with van der Waals surface area (Å²) in [7, 11) is 0. The van der Waals surface area contributed by atoms with E-state index in [1.165, 1.54) is 0 Å². The van der Waals surface area contributed by atoms with Gasteiger partial charge in [-0.1, -0.05) is 30.3 Å². The number of aliphatic hydroxyl groups is 1. The normalized spacial score (nSPS) is 23.3. The van der Waals surface area contributed by atoms with Crippen LogP contribution in [0.15, 0.2) is 46.9 Å². The first kappa shape index (κ1) is 14.3. The van der Waals surface area contributed by atoms with Gasteiger partial charge in [-0.3, -0.25) is 4.90 Å². The van der Waals surface area contributed by atoms with Crippen molar-refractivity contribution in [3.8, 4) is 11.3 Å². The Kier molecular flexibility index (Phi) is 4.39. The molecule has 21 heavy (non-hydrogen) atoms. The maximum atomic E-state index is 9.24. The minimum Gasteiger partial charge on any atom is -0.460 e. The van der Waals surface area contributed by atoms with Crippen LogP contribution in [0.2, 0.25) is 0 Å². The number of ether oxygens (including phenoxy) is 1. The molecule has 2 aromatic rings. The average molecular weight is 287 g/mol. The Morgan fingerprint density at radius 2 is 2.00 bits per heavy atom. The van der Waals surface area contributed by atoms with Crippen molar-refractivity contribution in [3.63, 3.8) is 0 Å². The number of morpholine rings is 1. The predicted molar refractivity (Wildman–Crippen MR) is 80.8 cm³/mol. The highest BCUT2D eigenvalue weighted by Crippen LogP contribution is 2.23. The molecule has 0 aliphatic carbocycles. The zero-order valence-electron chi connectivity index (χ0n) is 12.2. The lowest BCUT2D eigenvalue weighted by molar-refractivity contribution is -0.0819. The van der Waals surface area contributed by atoms with Crippen LogP contribution in [0.25, 0.3) is 11.3 Å². The number of hydrogen-bond acceptors (Lipinski definition) is 4. The van der Waals surface area contributed by atoms with Crippen LogP contribution >= 0.6 is 0 Å². The van der Waals surface area contributed by atoms with Gasteiger partial charge in [-0.05, 0) is 19.1 Å². The molecule has 0 saturated carbocycles. The van der Waals surface area contributed by atoms with E-state index in [1.54, 1.807) is 0 Å². The zero-order valence-corrected chi connectivity index (χ0v) is 12.2. The molecule has 1 fully saturated rings. The summed E-state index contributed by atoms with van der Waals surface area (Å²) in [4.78, 5) is 2.29. The van der Waals surface area contributed by atoms with E-state index in [9.17, 15) is 5.11 Å². The smallest absolute Gasteiger partial charge is 0.134 e. The molecule has 0 spiro atoms. The van der Waals surface area contributed by atoms with Crippen LogP contribution in [0.1, 0.15) is 12.7 Å². The summed E-state index contributed by atoms with van der Waals surface area (Å²) in [5.74, 6) is 1.84. The first-order valence-electron chi connectivity index (χ1n) is 7.37. The molecule has 1 aromatic heterocycles. The molecule has 1 N–H and O–H groups in total. The highest BCUT2D eigenvalue weighted by molar-refractivity contribution is 5.57. The van der Waals surface area contributed by atoms with Crippen LogP contribution in [-0.4, -0.2) is 41.9 Å². The summed E-state index contributed by atoms with van der Waals surface area (Å²) >= 11 is 0. The number of furan rings is 1. The van der Waals surface area contributed by atoms with Gasteiger partial charge < -0.3 is 14.3 Å². The SMILES string of the molecule is C[C@H]1CO[C@H](CO)CN1Cc1ccc(-c2ccccc2)o1. The predicted octanol–water partition coefficient (Wildman–Crippen LogP) is 2.53. The Morgan fingerprint density at radius 3 is 2.76 bits per heavy atom. The van der Waals surface area contributed by atoms with Crippen molar-refractivity contribution in [3.05, 3.63) is 48.2 Å². The highest BCUT2D eigenvalue weighted by atomic mass is 16.5. The molecule has 1 aliphatic heterocycles. The molecular weight excluding hydrogens is 266 g/mol. The van der Waals surface area contributed by atoms with Crippen molar-refractivity contribution in [1.29, 1.82) is 0 Å². The summed E-state index contributed by atoms with van der Waals surface area (Å²) in [5, 5.41) is 9.24. The summed E-state index contributed by atoms with van der Waals surface area (Å²) in [5.41, 5.74) is 1.09. The molecule has 1 aliphatic rings. The minimum absolute atomic E-state index is 0.0661. The van der Waals surface area contributed by atoms with Crippen molar-refractivity contribution in [2.45, 2.75) is 25.6 Å². The average Bonchev–Trinajstić information content (AvgIpc) is 2.99. The largest absolute Gasteiger partial charge is 0.460 e. The summed E-state index contributed by atoms with van der Waals surface area (Å²) in [6.45, 7) is 4.33. The van der Waals surface area contributed by atoms with E-state index in [1.807, 2.05) is 42.5 Å². The maximum Gasteiger partial charge on any atom is 0.134 e. The van der Waals surface area contributed by atoms with E-state index in [0.717, 1.165) is 30.2 Å². The van der Waals surface area contributed by atoms with Gasteiger partial charge in [-0.15, -0.1) is 0 Å². The fourth-order valence-electron chi connectivity index (χ4n) is 2.63. The molecule has 0 amide bonds. The molecule has 3 rings (SSSR count). The molecule has 2 atom stereocenters. The van der Waals surface area contributed by atoms with E-state index in [4.69, 9.17) is 9.15 Å². The van der Waals surface area contributed by atoms with Gasteiger partial charge in [0.15, 0.2) is 0 Å². The van der Waals surface area contributed by atoms with Crippen molar-refractivity contribution >= 4 is 0 Å². The van der Waals surface area contributed by atoms with Gasteiger partial charge in [0.1, 0.15) is 11.5 Å². The lowest BCUT2D eigenvalue weighted by atomic mass is 10.2. The Labute approximate surface area is 124 Å².